The molecule has 2 atom stereocenters. The zero-order valence-corrected chi connectivity index (χ0v) is 12.1. The summed E-state index contributed by atoms with van der Waals surface area (Å²) < 4.78 is 0. The molecule has 2 heteroatoms. The number of hydrogen-bond donors (Lipinski definition) is 1. The summed E-state index contributed by atoms with van der Waals surface area (Å²) in [5.41, 5.74) is 3.29. The Hall–Kier alpha value is -0.0800. The van der Waals surface area contributed by atoms with Crippen LogP contribution in [-0.2, 0) is 4.84 Å². The van der Waals surface area contributed by atoms with Crippen molar-refractivity contribution in [3.8, 4) is 0 Å². The normalized spacial score (nSPS) is 30.5. The minimum absolute atomic E-state index is 0.494. The van der Waals surface area contributed by atoms with Crippen LogP contribution in [0.5, 0.6) is 0 Å². The van der Waals surface area contributed by atoms with Crippen molar-refractivity contribution in [1.29, 1.82) is 0 Å². The van der Waals surface area contributed by atoms with Crippen LogP contribution in [0.25, 0.3) is 0 Å². The van der Waals surface area contributed by atoms with Gasteiger partial charge in [0, 0.05) is 6.54 Å². The van der Waals surface area contributed by atoms with E-state index in [1.54, 1.807) is 0 Å². The van der Waals surface area contributed by atoms with Gasteiger partial charge in [0.2, 0.25) is 0 Å². The van der Waals surface area contributed by atoms with Crippen molar-refractivity contribution in [2.24, 2.45) is 11.8 Å². The van der Waals surface area contributed by atoms with Gasteiger partial charge < -0.3 is 0 Å². The van der Waals surface area contributed by atoms with E-state index in [9.17, 15) is 0 Å². The van der Waals surface area contributed by atoms with Gasteiger partial charge in [-0.3, -0.25) is 4.84 Å². The van der Waals surface area contributed by atoms with Gasteiger partial charge in [0.05, 0.1) is 6.10 Å². The first kappa shape index (κ1) is 14.3. The number of hydrogen-bond acceptors (Lipinski definition) is 2. The van der Waals surface area contributed by atoms with E-state index in [1.165, 1.54) is 70.6 Å². The maximum Gasteiger partial charge on any atom is 0.0790 e. The Morgan fingerprint density at radius 2 is 1.72 bits per heavy atom. The first-order valence-corrected chi connectivity index (χ1v) is 8.27. The van der Waals surface area contributed by atoms with E-state index in [1.807, 2.05) is 0 Å². The fourth-order valence-electron chi connectivity index (χ4n) is 3.72. The van der Waals surface area contributed by atoms with Crippen molar-refractivity contribution in [2.75, 3.05) is 6.54 Å². The van der Waals surface area contributed by atoms with Crippen LogP contribution < -0.4 is 5.48 Å². The molecule has 2 saturated carbocycles. The summed E-state index contributed by atoms with van der Waals surface area (Å²) >= 11 is 0. The lowest BCUT2D eigenvalue weighted by Crippen LogP contribution is -2.31. The number of rotatable bonds is 6. The molecule has 0 aromatic rings. The molecule has 2 rings (SSSR count). The highest BCUT2D eigenvalue weighted by Crippen LogP contribution is 2.31. The maximum atomic E-state index is 5.83. The van der Waals surface area contributed by atoms with E-state index in [0.717, 1.165) is 18.4 Å². The van der Waals surface area contributed by atoms with E-state index < -0.39 is 0 Å². The Morgan fingerprint density at radius 1 is 0.944 bits per heavy atom. The highest BCUT2D eigenvalue weighted by Gasteiger charge is 2.21. The second-order valence-electron chi connectivity index (χ2n) is 6.41. The monoisotopic (exact) mass is 253 g/mol. The van der Waals surface area contributed by atoms with E-state index in [4.69, 9.17) is 4.84 Å². The summed E-state index contributed by atoms with van der Waals surface area (Å²) in [7, 11) is 0. The highest BCUT2D eigenvalue weighted by molar-refractivity contribution is 4.74. The first-order chi connectivity index (χ1) is 8.88. The Morgan fingerprint density at radius 3 is 2.50 bits per heavy atom. The van der Waals surface area contributed by atoms with Gasteiger partial charge in [-0.15, -0.1) is 0 Å². The van der Waals surface area contributed by atoms with Crippen LogP contribution in [0.15, 0.2) is 0 Å². The minimum atomic E-state index is 0.494. The van der Waals surface area contributed by atoms with Gasteiger partial charge in [-0.1, -0.05) is 51.9 Å². The molecule has 2 nitrogen and oxygen atoms in total. The molecule has 2 aliphatic carbocycles. The topological polar surface area (TPSA) is 21.3 Å². The molecule has 1 N–H and O–H groups in total. The number of nitrogens with one attached hydrogen (secondary N) is 1. The summed E-state index contributed by atoms with van der Waals surface area (Å²) in [6, 6.07) is 0. The van der Waals surface area contributed by atoms with Crippen LogP contribution in [-0.4, -0.2) is 12.6 Å². The molecule has 0 spiro atoms. The lowest BCUT2D eigenvalue weighted by molar-refractivity contribution is -0.0497. The lowest BCUT2D eigenvalue weighted by Gasteiger charge is -2.30. The van der Waals surface area contributed by atoms with Crippen LogP contribution in [0.1, 0.15) is 77.6 Å². The zero-order chi connectivity index (χ0) is 12.6. The van der Waals surface area contributed by atoms with Gasteiger partial charge in [-0.25, -0.2) is 5.48 Å². The Balaban J connectivity index is 1.57. The van der Waals surface area contributed by atoms with Gasteiger partial charge in [0.15, 0.2) is 0 Å². The third-order valence-electron chi connectivity index (χ3n) is 4.76. The zero-order valence-electron chi connectivity index (χ0n) is 12.1. The van der Waals surface area contributed by atoms with Crippen molar-refractivity contribution in [3.63, 3.8) is 0 Å². The molecule has 0 bridgehead atoms. The second-order valence-corrected chi connectivity index (χ2v) is 6.41. The lowest BCUT2D eigenvalue weighted by atomic mass is 9.79. The predicted molar refractivity (Wildman–Crippen MR) is 76.3 cm³/mol. The fourth-order valence-corrected chi connectivity index (χ4v) is 3.72. The average Bonchev–Trinajstić information content (AvgIpc) is 2.41. The van der Waals surface area contributed by atoms with E-state index in [0.29, 0.717) is 6.10 Å². The summed E-state index contributed by atoms with van der Waals surface area (Å²) in [6.07, 6.45) is 15.6. The number of hydroxylamine groups is 1. The smallest absolute Gasteiger partial charge is 0.0790 e. The third-order valence-corrected chi connectivity index (χ3v) is 4.76. The van der Waals surface area contributed by atoms with E-state index in [2.05, 4.69) is 12.4 Å². The Kier molecular flexibility index (Phi) is 6.50. The molecule has 0 radical (unpaired) electrons. The van der Waals surface area contributed by atoms with E-state index >= 15 is 0 Å². The molecule has 2 aliphatic rings. The average molecular weight is 253 g/mol. The quantitative estimate of drug-likeness (QED) is 0.706. The summed E-state index contributed by atoms with van der Waals surface area (Å²) in [6.45, 7) is 3.39. The summed E-state index contributed by atoms with van der Waals surface area (Å²) in [5, 5.41) is 0. The highest BCUT2D eigenvalue weighted by atomic mass is 16.7. The van der Waals surface area contributed by atoms with Gasteiger partial charge in [0.1, 0.15) is 0 Å². The van der Waals surface area contributed by atoms with Crippen molar-refractivity contribution < 1.29 is 4.84 Å². The molecule has 0 aromatic heterocycles. The SMILES string of the molecule is CCCC1CCCC(CNOC2CCCCC2)C1. The molecule has 0 aromatic carbocycles. The molecule has 106 valence electrons. The standard InChI is InChI=1S/C16H31NO/c1-2-7-14-8-6-9-15(12-14)13-17-18-16-10-4-3-5-11-16/h14-17H,2-13H2,1H3. The van der Waals surface area contributed by atoms with Gasteiger partial charge >= 0.3 is 0 Å². The Bertz CT molecular complexity index is 211. The molecule has 0 heterocycles. The summed E-state index contributed by atoms with van der Waals surface area (Å²) in [4.78, 5) is 5.83. The second kappa shape index (κ2) is 8.16. The molecule has 2 fully saturated rings. The van der Waals surface area contributed by atoms with Gasteiger partial charge in [-0.05, 0) is 37.5 Å². The maximum absolute atomic E-state index is 5.83. The van der Waals surface area contributed by atoms with Crippen molar-refractivity contribution in [3.05, 3.63) is 0 Å². The van der Waals surface area contributed by atoms with E-state index in [-0.39, 0.29) is 0 Å². The molecular formula is C16H31NO. The van der Waals surface area contributed by atoms with Crippen molar-refractivity contribution in [2.45, 2.75) is 83.7 Å². The molecule has 18 heavy (non-hydrogen) atoms. The van der Waals surface area contributed by atoms with Gasteiger partial charge in [0.25, 0.3) is 0 Å². The van der Waals surface area contributed by atoms with Crippen LogP contribution in [0.4, 0.5) is 0 Å². The summed E-state index contributed by atoms with van der Waals surface area (Å²) in [5.74, 6) is 1.85. The molecule has 0 saturated heterocycles. The van der Waals surface area contributed by atoms with Gasteiger partial charge in [-0.2, -0.15) is 0 Å². The molecule has 0 amide bonds. The van der Waals surface area contributed by atoms with Crippen LogP contribution in [0, 0.1) is 11.8 Å². The predicted octanol–water partition coefficient (Wildman–Crippen LogP) is 4.45. The molecule has 0 aliphatic heterocycles. The van der Waals surface area contributed by atoms with Crippen LogP contribution in [0.3, 0.4) is 0 Å². The van der Waals surface area contributed by atoms with Crippen molar-refractivity contribution in [1.82, 2.24) is 5.48 Å². The molecule has 2 unspecified atom stereocenters. The van der Waals surface area contributed by atoms with Crippen molar-refractivity contribution >= 4 is 0 Å². The Labute approximate surface area is 113 Å². The van der Waals surface area contributed by atoms with Crippen LogP contribution in [0.2, 0.25) is 0 Å². The van der Waals surface area contributed by atoms with Crippen LogP contribution >= 0.6 is 0 Å². The third kappa shape index (κ3) is 4.89. The minimum Gasteiger partial charge on any atom is -0.299 e. The molecular weight excluding hydrogens is 222 g/mol. The first-order valence-electron chi connectivity index (χ1n) is 8.27. The largest absolute Gasteiger partial charge is 0.299 e. The fraction of sp³-hybridized carbons (Fsp3) is 1.00.